The molecule has 0 aromatic heterocycles. The van der Waals surface area contributed by atoms with Crippen LogP contribution in [-0.2, 0) is 6.42 Å². The zero-order valence-electron chi connectivity index (χ0n) is 17.7. The van der Waals surface area contributed by atoms with Crippen molar-refractivity contribution in [3.05, 3.63) is 47.5 Å². The third kappa shape index (κ3) is 6.20. The second-order valence-electron chi connectivity index (χ2n) is 6.40. The molecule has 0 saturated carbocycles. The Bertz CT molecular complexity index is 810. The molecule has 0 spiro atoms. The van der Waals surface area contributed by atoms with Crippen LogP contribution in [0.1, 0.15) is 31.0 Å². The Labute approximate surface area is 172 Å². The number of hydrogen-bond donors (Lipinski definition) is 2. The summed E-state index contributed by atoms with van der Waals surface area (Å²) in [4.78, 5) is 12.2. The van der Waals surface area contributed by atoms with Gasteiger partial charge in [0, 0.05) is 6.54 Å². The van der Waals surface area contributed by atoms with E-state index in [9.17, 15) is 4.79 Å². The minimum atomic E-state index is -0.231. The molecule has 0 heterocycles. The van der Waals surface area contributed by atoms with Gasteiger partial charge in [-0.3, -0.25) is 0 Å². The van der Waals surface area contributed by atoms with Gasteiger partial charge in [-0.2, -0.15) is 0 Å². The molecule has 7 heteroatoms. The summed E-state index contributed by atoms with van der Waals surface area (Å²) >= 11 is 0. The Hall–Kier alpha value is -3.09. The highest BCUT2D eigenvalue weighted by Gasteiger charge is 2.13. The van der Waals surface area contributed by atoms with Gasteiger partial charge in [0.25, 0.3) is 0 Å². The van der Waals surface area contributed by atoms with Gasteiger partial charge >= 0.3 is 6.03 Å². The third-order valence-electron chi connectivity index (χ3n) is 4.48. The first-order chi connectivity index (χ1) is 14.0. The van der Waals surface area contributed by atoms with E-state index in [0.29, 0.717) is 42.6 Å². The maximum Gasteiger partial charge on any atom is 0.315 e. The molecule has 158 valence electrons. The molecule has 7 nitrogen and oxygen atoms in total. The van der Waals surface area contributed by atoms with Gasteiger partial charge < -0.3 is 29.6 Å². The second-order valence-corrected chi connectivity index (χ2v) is 6.40. The van der Waals surface area contributed by atoms with E-state index in [0.717, 1.165) is 11.1 Å². The molecular formula is C22H30N2O5. The van der Waals surface area contributed by atoms with Crippen LogP contribution >= 0.6 is 0 Å². The minimum Gasteiger partial charge on any atom is -0.493 e. The number of hydrogen-bond acceptors (Lipinski definition) is 5. The molecule has 2 aromatic rings. The maximum absolute atomic E-state index is 12.2. The molecular weight excluding hydrogens is 372 g/mol. The Kier molecular flexibility index (Phi) is 8.45. The lowest BCUT2D eigenvalue weighted by Crippen LogP contribution is -2.38. The average molecular weight is 402 g/mol. The number of benzene rings is 2. The van der Waals surface area contributed by atoms with E-state index in [1.807, 2.05) is 50.2 Å². The molecule has 0 aliphatic heterocycles. The van der Waals surface area contributed by atoms with Gasteiger partial charge in [0.05, 0.1) is 34.0 Å². The van der Waals surface area contributed by atoms with Gasteiger partial charge in [0.1, 0.15) is 0 Å². The van der Waals surface area contributed by atoms with Crippen molar-refractivity contribution < 1.29 is 23.7 Å². The summed E-state index contributed by atoms with van der Waals surface area (Å²) in [5.41, 5.74) is 1.98. The molecule has 2 N–H and O–H groups in total. The fourth-order valence-corrected chi connectivity index (χ4v) is 2.92. The van der Waals surface area contributed by atoms with E-state index < -0.39 is 0 Å². The smallest absolute Gasteiger partial charge is 0.315 e. The van der Waals surface area contributed by atoms with Crippen LogP contribution in [0.25, 0.3) is 0 Å². The van der Waals surface area contributed by atoms with Gasteiger partial charge in [-0.15, -0.1) is 0 Å². The van der Waals surface area contributed by atoms with E-state index in [-0.39, 0.29) is 12.1 Å². The van der Waals surface area contributed by atoms with E-state index in [1.165, 1.54) is 0 Å². The van der Waals surface area contributed by atoms with Crippen LogP contribution < -0.4 is 29.6 Å². The number of carbonyl (C=O) groups excluding carboxylic acids is 1. The highest BCUT2D eigenvalue weighted by Crippen LogP contribution is 2.30. The summed E-state index contributed by atoms with van der Waals surface area (Å²) in [6.07, 6.45) is 0.681. The number of nitrogens with one attached hydrogen (secondary N) is 2. The second kappa shape index (κ2) is 11.0. The topological polar surface area (TPSA) is 78.1 Å². The largest absolute Gasteiger partial charge is 0.493 e. The first-order valence-corrected chi connectivity index (χ1v) is 9.58. The number of urea groups is 1. The summed E-state index contributed by atoms with van der Waals surface area (Å²) in [5, 5.41) is 5.81. The quantitative estimate of drug-likeness (QED) is 0.633. The van der Waals surface area contributed by atoms with Gasteiger partial charge in [0.15, 0.2) is 23.0 Å². The van der Waals surface area contributed by atoms with Crippen LogP contribution in [0.15, 0.2) is 36.4 Å². The number of amides is 2. The van der Waals surface area contributed by atoms with Crippen LogP contribution in [0.4, 0.5) is 4.79 Å². The molecule has 1 unspecified atom stereocenters. The van der Waals surface area contributed by atoms with Crippen molar-refractivity contribution in [2.24, 2.45) is 0 Å². The highest BCUT2D eigenvalue weighted by atomic mass is 16.5. The molecule has 0 aliphatic rings. The zero-order valence-corrected chi connectivity index (χ0v) is 17.7. The van der Waals surface area contributed by atoms with Crippen molar-refractivity contribution in [3.63, 3.8) is 0 Å². The predicted octanol–water partition coefficient (Wildman–Crippen LogP) is 3.71. The van der Waals surface area contributed by atoms with Crippen molar-refractivity contribution in [1.29, 1.82) is 0 Å². The molecule has 29 heavy (non-hydrogen) atoms. The third-order valence-corrected chi connectivity index (χ3v) is 4.48. The monoisotopic (exact) mass is 402 g/mol. The molecule has 0 fully saturated rings. The Balaban J connectivity index is 1.87. The molecule has 0 bridgehead atoms. The first kappa shape index (κ1) is 22.2. The van der Waals surface area contributed by atoms with Gasteiger partial charge in [-0.25, -0.2) is 4.79 Å². The summed E-state index contributed by atoms with van der Waals surface area (Å²) in [6.45, 7) is 4.92. The summed E-state index contributed by atoms with van der Waals surface area (Å²) in [5.74, 6) is 2.69. The number of carbonyl (C=O) groups is 1. The van der Waals surface area contributed by atoms with E-state index in [4.69, 9.17) is 18.9 Å². The number of methoxy groups -OCH3 is 3. The van der Waals surface area contributed by atoms with E-state index in [2.05, 4.69) is 10.6 Å². The normalized spacial score (nSPS) is 11.3. The molecule has 1 atom stereocenters. The van der Waals surface area contributed by atoms with Crippen LogP contribution in [0.3, 0.4) is 0 Å². The van der Waals surface area contributed by atoms with Crippen molar-refractivity contribution in [1.82, 2.24) is 10.6 Å². The minimum absolute atomic E-state index is 0.180. The molecule has 2 aromatic carbocycles. The Morgan fingerprint density at radius 2 is 1.59 bits per heavy atom. The molecule has 0 radical (unpaired) electrons. The zero-order chi connectivity index (χ0) is 21.2. The molecule has 0 saturated heterocycles. The Morgan fingerprint density at radius 1 is 0.931 bits per heavy atom. The summed E-state index contributed by atoms with van der Waals surface area (Å²) in [6, 6.07) is 11.0. The summed E-state index contributed by atoms with van der Waals surface area (Å²) in [7, 11) is 4.79. The molecule has 2 rings (SSSR count). The average Bonchev–Trinajstić information content (AvgIpc) is 2.74. The standard InChI is InChI=1S/C22H30N2O5/c1-6-29-19-9-7-16(13-20(19)27-4)11-12-23-22(25)24-15(2)17-8-10-18(26-3)21(14-17)28-5/h7-10,13-15H,6,11-12H2,1-5H3,(H2,23,24,25). The van der Waals surface area contributed by atoms with Crippen LogP contribution in [0.5, 0.6) is 23.0 Å². The molecule has 2 amide bonds. The van der Waals surface area contributed by atoms with Crippen LogP contribution in [-0.4, -0.2) is 40.5 Å². The lowest BCUT2D eigenvalue weighted by Gasteiger charge is -2.17. The van der Waals surface area contributed by atoms with Gasteiger partial charge in [-0.05, 0) is 55.7 Å². The molecule has 0 aliphatic carbocycles. The fourth-order valence-electron chi connectivity index (χ4n) is 2.92. The predicted molar refractivity (Wildman–Crippen MR) is 112 cm³/mol. The van der Waals surface area contributed by atoms with Crippen molar-refractivity contribution in [3.8, 4) is 23.0 Å². The lowest BCUT2D eigenvalue weighted by molar-refractivity contribution is 0.238. The van der Waals surface area contributed by atoms with Crippen molar-refractivity contribution >= 4 is 6.03 Å². The van der Waals surface area contributed by atoms with Gasteiger partial charge in [0.2, 0.25) is 0 Å². The summed E-state index contributed by atoms with van der Waals surface area (Å²) < 4.78 is 21.4. The first-order valence-electron chi connectivity index (χ1n) is 9.58. The number of rotatable bonds is 10. The maximum atomic E-state index is 12.2. The number of ether oxygens (including phenoxy) is 4. The Morgan fingerprint density at radius 3 is 2.24 bits per heavy atom. The van der Waals surface area contributed by atoms with E-state index >= 15 is 0 Å². The van der Waals surface area contributed by atoms with E-state index in [1.54, 1.807) is 21.3 Å². The fraction of sp³-hybridized carbons (Fsp3) is 0.409. The van der Waals surface area contributed by atoms with Crippen LogP contribution in [0.2, 0.25) is 0 Å². The van der Waals surface area contributed by atoms with Crippen molar-refractivity contribution in [2.45, 2.75) is 26.3 Å². The highest BCUT2D eigenvalue weighted by molar-refractivity contribution is 5.74. The SMILES string of the molecule is CCOc1ccc(CCNC(=O)NC(C)c2ccc(OC)c(OC)c2)cc1OC. The lowest BCUT2D eigenvalue weighted by atomic mass is 10.1. The van der Waals surface area contributed by atoms with Crippen molar-refractivity contribution in [2.75, 3.05) is 34.5 Å². The van der Waals surface area contributed by atoms with Gasteiger partial charge in [-0.1, -0.05) is 12.1 Å². The van der Waals surface area contributed by atoms with Crippen LogP contribution in [0, 0.1) is 0 Å².